The van der Waals surface area contributed by atoms with Gasteiger partial charge in [0.15, 0.2) is 5.82 Å². The zero-order valence-electron chi connectivity index (χ0n) is 11.5. The molecule has 0 aliphatic heterocycles. The second-order valence-electron chi connectivity index (χ2n) is 4.37. The number of aromatic nitrogens is 2. The van der Waals surface area contributed by atoms with Crippen molar-refractivity contribution in [2.45, 2.75) is 19.6 Å². The lowest BCUT2D eigenvalue weighted by molar-refractivity contribution is 0.174. The summed E-state index contributed by atoms with van der Waals surface area (Å²) in [4.78, 5) is 6.36. The van der Waals surface area contributed by atoms with E-state index in [2.05, 4.69) is 15.0 Å². The predicted octanol–water partition coefficient (Wildman–Crippen LogP) is 1.60. The highest BCUT2D eigenvalue weighted by Crippen LogP contribution is 2.16. The molecule has 1 N–H and O–H groups in total. The van der Waals surface area contributed by atoms with Gasteiger partial charge in [0, 0.05) is 25.9 Å². The summed E-state index contributed by atoms with van der Waals surface area (Å²) < 4.78 is 10.2. The number of rotatable bonds is 8. The molecule has 1 aromatic carbocycles. The van der Waals surface area contributed by atoms with Crippen molar-refractivity contribution in [2.24, 2.45) is 0 Å². The first kappa shape index (κ1) is 14.5. The molecule has 1 aromatic heterocycles. The lowest BCUT2D eigenvalue weighted by atomic mass is 10.2. The van der Waals surface area contributed by atoms with Gasteiger partial charge in [0.1, 0.15) is 6.61 Å². The summed E-state index contributed by atoms with van der Waals surface area (Å²) in [6.07, 6.45) is 0.688. The number of aliphatic hydroxyl groups excluding tert-OH is 1. The molecule has 108 valence electrons. The Balaban J connectivity index is 2.06. The summed E-state index contributed by atoms with van der Waals surface area (Å²) in [7, 11) is 1.59. The number of benzene rings is 1. The van der Waals surface area contributed by atoms with Gasteiger partial charge < -0.3 is 19.3 Å². The van der Waals surface area contributed by atoms with Crippen LogP contribution in [0.2, 0.25) is 0 Å². The maximum absolute atomic E-state index is 9.01. The van der Waals surface area contributed by atoms with Gasteiger partial charge >= 0.3 is 0 Å². The van der Waals surface area contributed by atoms with Crippen LogP contribution >= 0.6 is 0 Å². The Labute approximate surface area is 118 Å². The Morgan fingerprint density at radius 1 is 1.30 bits per heavy atom. The average molecular weight is 277 g/mol. The molecule has 0 saturated carbocycles. The second kappa shape index (κ2) is 7.62. The normalized spacial score (nSPS) is 10.7. The van der Waals surface area contributed by atoms with Crippen LogP contribution in [0, 0.1) is 0 Å². The predicted molar refractivity (Wildman–Crippen MR) is 74.2 cm³/mol. The molecule has 0 radical (unpaired) electrons. The SMILES string of the molecule is COCc1noc(CN(CCCO)c2ccccc2)n1. The molecular formula is C14H19N3O3. The fourth-order valence-corrected chi connectivity index (χ4v) is 1.91. The molecule has 0 unspecified atom stereocenters. The zero-order chi connectivity index (χ0) is 14.2. The molecule has 0 fully saturated rings. The molecule has 0 aliphatic carbocycles. The van der Waals surface area contributed by atoms with Crippen LogP contribution in [0.15, 0.2) is 34.9 Å². The topological polar surface area (TPSA) is 71.6 Å². The fraction of sp³-hybridized carbons (Fsp3) is 0.429. The van der Waals surface area contributed by atoms with Gasteiger partial charge in [0.05, 0.1) is 6.54 Å². The average Bonchev–Trinajstić information content (AvgIpc) is 2.92. The summed E-state index contributed by atoms with van der Waals surface area (Å²) in [6.45, 7) is 1.73. The maximum Gasteiger partial charge on any atom is 0.246 e. The maximum atomic E-state index is 9.01. The van der Waals surface area contributed by atoms with Crippen molar-refractivity contribution in [2.75, 3.05) is 25.2 Å². The molecule has 0 bridgehead atoms. The van der Waals surface area contributed by atoms with E-state index in [1.165, 1.54) is 0 Å². The van der Waals surface area contributed by atoms with Gasteiger partial charge in [0.25, 0.3) is 0 Å². The van der Waals surface area contributed by atoms with E-state index in [1.54, 1.807) is 7.11 Å². The first-order chi connectivity index (χ1) is 9.83. The third kappa shape index (κ3) is 4.04. The van der Waals surface area contributed by atoms with Crippen molar-refractivity contribution in [1.82, 2.24) is 10.1 Å². The Hall–Kier alpha value is -1.92. The second-order valence-corrected chi connectivity index (χ2v) is 4.37. The molecule has 20 heavy (non-hydrogen) atoms. The van der Waals surface area contributed by atoms with Crippen LogP contribution < -0.4 is 4.90 Å². The third-order valence-electron chi connectivity index (χ3n) is 2.82. The Morgan fingerprint density at radius 3 is 2.80 bits per heavy atom. The summed E-state index contributed by atoms with van der Waals surface area (Å²) in [6, 6.07) is 9.96. The number of methoxy groups -OCH3 is 1. The van der Waals surface area contributed by atoms with E-state index < -0.39 is 0 Å². The minimum absolute atomic E-state index is 0.155. The summed E-state index contributed by atoms with van der Waals surface area (Å²) >= 11 is 0. The molecule has 6 nitrogen and oxygen atoms in total. The summed E-state index contributed by atoms with van der Waals surface area (Å²) in [5.74, 6) is 1.08. The van der Waals surface area contributed by atoms with Gasteiger partial charge in [-0.2, -0.15) is 4.98 Å². The number of hydrogen-bond donors (Lipinski definition) is 1. The van der Waals surface area contributed by atoms with Gasteiger partial charge in [-0.05, 0) is 18.6 Å². The van der Waals surface area contributed by atoms with Crippen LogP contribution in [0.1, 0.15) is 18.1 Å². The minimum Gasteiger partial charge on any atom is -0.396 e. The van der Waals surface area contributed by atoms with E-state index in [0.717, 1.165) is 12.2 Å². The number of ether oxygens (including phenoxy) is 1. The van der Waals surface area contributed by atoms with Crippen LogP contribution in [-0.2, 0) is 17.9 Å². The number of para-hydroxylation sites is 1. The smallest absolute Gasteiger partial charge is 0.246 e. The molecule has 2 aromatic rings. The van der Waals surface area contributed by atoms with E-state index >= 15 is 0 Å². The lowest BCUT2D eigenvalue weighted by Gasteiger charge is -2.22. The minimum atomic E-state index is 0.155. The van der Waals surface area contributed by atoms with E-state index in [9.17, 15) is 0 Å². The molecule has 1 heterocycles. The van der Waals surface area contributed by atoms with Crippen LogP contribution in [0.25, 0.3) is 0 Å². The van der Waals surface area contributed by atoms with Crippen LogP contribution in [-0.4, -0.2) is 35.5 Å². The van der Waals surface area contributed by atoms with Gasteiger partial charge in [-0.3, -0.25) is 0 Å². The molecule has 6 heteroatoms. The number of nitrogens with zero attached hydrogens (tertiary/aromatic N) is 3. The molecule has 0 spiro atoms. The van der Waals surface area contributed by atoms with Gasteiger partial charge in [0.2, 0.25) is 5.89 Å². The third-order valence-corrected chi connectivity index (χ3v) is 2.82. The largest absolute Gasteiger partial charge is 0.396 e. The summed E-state index contributed by atoms with van der Waals surface area (Å²) in [5, 5.41) is 12.9. The molecule has 0 amide bonds. The number of hydrogen-bond acceptors (Lipinski definition) is 6. The van der Waals surface area contributed by atoms with Gasteiger partial charge in [-0.15, -0.1) is 0 Å². The lowest BCUT2D eigenvalue weighted by Crippen LogP contribution is -2.24. The van der Waals surface area contributed by atoms with Crippen molar-refractivity contribution in [3.63, 3.8) is 0 Å². The fourth-order valence-electron chi connectivity index (χ4n) is 1.91. The van der Waals surface area contributed by atoms with Crippen molar-refractivity contribution >= 4 is 5.69 Å². The van der Waals surface area contributed by atoms with Crippen molar-refractivity contribution in [3.05, 3.63) is 42.0 Å². The standard InChI is InChI=1S/C14H19N3O3/c1-19-11-13-15-14(20-16-13)10-17(8-5-9-18)12-6-3-2-4-7-12/h2-4,6-7,18H,5,8-11H2,1H3. The van der Waals surface area contributed by atoms with E-state index in [4.69, 9.17) is 14.4 Å². The van der Waals surface area contributed by atoms with E-state index in [0.29, 0.717) is 31.3 Å². The van der Waals surface area contributed by atoms with Crippen molar-refractivity contribution in [1.29, 1.82) is 0 Å². The Morgan fingerprint density at radius 2 is 2.10 bits per heavy atom. The van der Waals surface area contributed by atoms with Crippen molar-refractivity contribution < 1.29 is 14.4 Å². The zero-order valence-corrected chi connectivity index (χ0v) is 11.5. The first-order valence-electron chi connectivity index (χ1n) is 6.54. The molecular weight excluding hydrogens is 258 g/mol. The quantitative estimate of drug-likeness (QED) is 0.790. The molecule has 0 saturated heterocycles. The van der Waals surface area contributed by atoms with Crippen LogP contribution in [0.4, 0.5) is 5.69 Å². The van der Waals surface area contributed by atoms with Gasteiger partial charge in [-0.25, -0.2) is 0 Å². The monoisotopic (exact) mass is 277 g/mol. The van der Waals surface area contributed by atoms with E-state index in [1.807, 2.05) is 30.3 Å². The van der Waals surface area contributed by atoms with Crippen LogP contribution in [0.3, 0.4) is 0 Å². The number of anilines is 1. The molecule has 0 aliphatic rings. The summed E-state index contributed by atoms with van der Waals surface area (Å²) in [5.41, 5.74) is 1.06. The molecule has 0 atom stereocenters. The first-order valence-corrected chi connectivity index (χ1v) is 6.54. The highest BCUT2D eigenvalue weighted by Gasteiger charge is 2.12. The Bertz CT molecular complexity index is 501. The van der Waals surface area contributed by atoms with Gasteiger partial charge in [-0.1, -0.05) is 23.4 Å². The number of aliphatic hydroxyl groups is 1. The van der Waals surface area contributed by atoms with Crippen LogP contribution in [0.5, 0.6) is 0 Å². The Kier molecular flexibility index (Phi) is 5.52. The highest BCUT2D eigenvalue weighted by atomic mass is 16.5. The highest BCUT2D eigenvalue weighted by molar-refractivity contribution is 5.45. The molecule has 2 rings (SSSR count). The van der Waals surface area contributed by atoms with E-state index in [-0.39, 0.29) is 6.61 Å². The van der Waals surface area contributed by atoms with Crippen molar-refractivity contribution in [3.8, 4) is 0 Å².